The maximum absolute atomic E-state index is 3.79. The molecule has 1 N–H and O–H groups in total. The van der Waals surface area contributed by atoms with E-state index in [9.17, 15) is 0 Å². The van der Waals surface area contributed by atoms with Gasteiger partial charge in [0.2, 0.25) is 0 Å². The molecule has 0 radical (unpaired) electrons. The summed E-state index contributed by atoms with van der Waals surface area (Å²) in [4.78, 5) is 2.66. The Hall–Kier alpha value is -0.860. The van der Waals surface area contributed by atoms with Crippen molar-refractivity contribution in [2.45, 2.75) is 52.5 Å². The van der Waals surface area contributed by atoms with Gasteiger partial charge in [0.05, 0.1) is 0 Å². The number of hydrogen-bond donors (Lipinski definition) is 1. The van der Waals surface area contributed by atoms with Crippen molar-refractivity contribution in [3.63, 3.8) is 0 Å². The maximum Gasteiger partial charge on any atom is 0.0384 e. The van der Waals surface area contributed by atoms with Gasteiger partial charge in [0.25, 0.3) is 0 Å². The van der Waals surface area contributed by atoms with Crippen molar-refractivity contribution in [2.24, 2.45) is 5.41 Å². The van der Waals surface area contributed by atoms with Gasteiger partial charge in [-0.15, -0.1) is 0 Å². The molecule has 2 heteroatoms. The number of benzene rings is 1. The van der Waals surface area contributed by atoms with Crippen LogP contribution in [0.2, 0.25) is 0 Å². The van der Waals surface area contributed by atoms with Gasteiger partial charge in [0.15, 0.2) is 0 Å². The van der Waals surface area contributed by atoms with Crippen LogP contribution >= 0.6 is 0 Å². The topological polar surface area (TPSA) is 15.3 Å². The monoisotopic (exact) mass is 288 g/mol. The van der Waals surface area contributed by atoms with Crippen LogP contribution < -0.4 is 5.32 Å². The lowest BCUT2D eigenvalue weighted by Crippen LogP contribution is -2.44. The molecule has 1 heterocycles. The second-order valence-electron chi connectivity index (χ2n) is 7.12. The molecule has 1 saturated heterocycles. The third-order valence-corrected chi connectivity index (χ3v) is 4.59. The molecule has 2 rings (SSSR count). The van der Waals surface area contributed by atoms with Crippen molar-refractivity contribution in [3.05, 3.63) is 35.9 Å². The average Bonchev–Trinajstić information content (AvgIpc) is 2.49. The van der Waals surface area contributed by atoms with Gasteiger partial charge < -0.3 is 10.2 Å². The fraction of sp³-hybridized carbons (Fsp3) is 0.684. The summed E-state index contributed by atoms with van der Waals surface area (Å²) in [6.45, 7) is 11.9. The van der Waals surface area contributed by atoms with Crippen molar-refractivity contribution >= 4 is 0 Å². The van der Waals surface area contributed by atoms with E-state index in [2.05, 4.69) is 61.3 Å². The molecule has 0 aromatic heterocycles. The zero-order valence-electron chi connectivity index (χ0n) is 14.1. The summed E-state index contributed by atoms with van der Waals surface area (Å²) in [5.74, 6) is 0. The Morgan fingerprint density at radius 1 is 1.10 bits per heavy atom. The first-order valence-corrected chi connectivity index (χ1v) is 8.64. The Morgan fingerprint density at radius 3 is 2.38 bits per heavy atom. The predicted molar refractivity (Wildman–Crippen MR) is 91.5 cm³/mol. The summed E-state index contributed by atoms with van der Waals surface area (Å²) >= 11 is 0. The summed E-state index contributed by atoms with van der Waals surface area (Å²) in [5.41, 5.74) is 1.67. The van der Waals surface area contributed by atoms with Crippen LogP contribution in [0.15, 0.2) is 30.3 Å². The molecule has 0 bridgehead atoms. The van der Waals surface area contributed by atoms with E-state index >= 15 is 0 Å². The number of piperidine rings is 1. The molecular formula is C19H32N2. The second-order valence-corrected chi connectivity index (χ2v) is 7.12. The Labute approximate surface area is 130 Å². The molecule has 0 spiro atoms. The first kappa shape index (κ1) is 16.5. The van der Waals surface area contributed by atoms with Gasteiger partial charge in [-0.25, -0.2) is 0 Å². The van der Waals surface area contributed by atoms with Gasteiger partial charge >= 0.3 is 0 Å². The predicted octanol–water partition coefficient (Wildman–Crippen LogP) is 4.24. The molecule has 0 aliphatic carbocycles. The molecule has 0 amide bonds. The lowest BCUT2D eigenvalue weighted by Gasteiger charge is -2.40. The van der Waals surface area contributed by atoms with Gasteiger partial charge in [-0.2, -0.15) is 0 Å². The lowest BCUT2D eigenvalue weighted by atomic mass is 9.79. The molecule has 1 unspecified atom stereocenters. The molecule has 118 valence electrons. The van der Waals surface area contributed by atoms with Crippen molar-refractivity contribution in [1.29, 1.82) is 0 Å². The highest BCUT2D eigenvalue weighted by molar-refractivity contribution is 5.21. The van der Waals surface area contributed by atoms with Gasteiger partial charge in [-0.1, -0.05) is 57.5 Å². The zero-order valence-corrected chi connectivity index (χ0v) is 14.1. The first-order valence-electron chi connectivity index (χ1n) is 8.64. The molecule has 1 aromatic rings. The van der Waals surface area contributed by atoms with E-state index in [0.717, 1.165) is 6.54 Å². The number of likely N-dealkylation sites (tertiary alicyclic amines) is 1. The van der Waals surface area contributed by atoms with Crippen molar-refractivity contribution in [1.82, 2.24) is 10.2 Å². The van der Waals surface area contributed by atoms with E-state index in [1.807, 2.05) is 0 Å². The second kappa shape index (κ2) is 7.95. The summed E-state index contributed by atoms with van der Waals surface area (Å²) in [6.07, 6.45) is 5.33. The molecular weight excluding hydrogens is 256 g/mol. The highest BCUT2D eigenvalue weighted by atomic mass is 15.1. The number of rotatable bonds is 7. The average molecular weight is 288 g/mol. The quantitative estimate of drug-likeness (QED) is 0.807. The van der Waals surface area contributed by atoms with Crippen molar-refractivity contribution in [3.8, 4) is 0 Å². The van der Waals surface area contributed by atoms with Crippen LogP contribution in [0.3, 0.4) is 0 Å². The highest BCUT2D eigenvalue weighted by Gasteiger charge is 2.32. The smallest absolute Gasteiger partial charge is 0.0384 e. The zero-order chi connectivity index (χ0) is 15.1. The number of nitrogens with one attached hydrogen (secondary N) is 1. The van der Waals surface area contributed by atoms with E-state index in [4.69, 9.17) is 0 Å². The normalized spacial score (nSPS) is 18.6. The Kier molecular flexibility index (Phi) is 6.25. The lowest BCUT2D eigenvalue weighted by molar-refractivity contribution is 0.119. The van der Waals surface area contributed by atoms with E-state index in [0.29, 0.717) is 6.04 Å². The van der Waals surface area contributed by atoms with Crippen LogP contribution in [0.4, 0.5) is 0 Å². The standard InChI is InChI=1S/C19H32N2/c1-4-13-20-18(17-11-7-5-8-12-17)19(2,3)16-21-14-9-6-10-15-21/h5,7-8,11-12,18,20H,4,6,9-10,13-16H2,1-3H3. The fourth-order valence-electron chi connectivity index (χ4n) is 3.56. The van der Waals surface area contributed by atoms with Gasteiger partial charge in [0, 0.05) is 12.6 Å². The molecule has 1 aliphatic rings. The first-order chi connectivity index (χ1) is 10.1. The van der Waals surface area contributed by atoms with Crippen LogP contribution in [0, 0.1) is 5.41 Å². The van der Waals surface area contributed by atoms with Gasteiger partial charge in [-0.3, -0.25) is 0 Å². The van der Waals surface area contributed by atoms with E-state index in [1.165, 1.54) is 50.9 Å². The van der Waals surface area contributed by atoms with Crippen molar-refractivity contribution in [2.75, 3.05) is 26.2 Å². The minimum Gasteiger partial charge on any atom is -0.309 e. The van der Waals surface area contributed by atoms with Crippen LogP contribution in [-0.4, -0.2) is 31.1 Å². The summed E-state index contributed by atoms with van der Waals surface area (Å²) in [6, 6.07) is 11.4. The number of hydrogen-bond acceptors (Lipinski definition) is 2. The SMILES string of the molecule is CCCNC(c1ccccc1)C(C)(C)CN1CCCCC1. The van der Waals surface area contributed by atoms with E-state index in [-0.39, 0.29) is 5.41 Å². The van der Waals surface area contributed by atoms with E-state index < -0.39 is 0 Å². The van der Waals surface area contributed by atoms with Crippen LogP contribution in [0.25, 0.3) is 0 Å². The fourth-order valence-corrected chi connectivity index (χ4v) is 3.56. The summed E-state index contributed by atoms with van der Waals surface area (Å²) in [7, 11) is 0. The molecule has 1 aliphatic heterocycles. The van der Waals surface area contributed by atoms with E-state index in [1.54, 1.807) is 0 Å². The summed E-state index contributed by atoms with van der Waals surface area (Å²) < 4.78 is 0. The maximum atomic E-state index is 3.79. The summed E-state index contributed by atoms with van der Waals surface area (Å²) in [5, 5.41) is 3.79. The number of nitrogens with zero attached hydrogens (tertiary/aromatic N) is 1. The minimum atomic E-state index is 0.244. The highest BCUT2D eigenvalue weighted by Crippen LogP contribution is 2.34. The molecule has 1 aromatic carbocycles. The molecule has 0 saturated carbocycles. The van der Waals surface area contributed by atoms with Crippen LogP contribution in [0.5, 0.6) is 0 Å². The molecule has 1 fully saturated rings. The largest absolute Gasteiger partial charge is 0.309 e. The molecule has 21 heavy (non-hydrogen) atoms. The third kappa shape index (κ3) is 4.82. The van der Waals surface area contributed by atoms with Crippen LogP contribution in [0.1, 0.15) is 58.1 Å². The van der Waals surface area contributed by atoms with Gasteiger partial charge in [-0.05, 0) is 49.9 Å². The Bertz CT molecular complexity index is 393. The van der Waals surface area contributed by atoms with Crippen LogP contribution in [-0.2, 0) is 0 Å². The Balaban J connectivity index is 2.09. The van der Waals surface area contributed by atoms with Crippen molar-refractivity contribution < 1.29 is 0 Å². The van der Waals surface area contributed by atoms with Gasteiger partial charge in [0.1, 0.15) is 0 Å². The third-order valence-electron chi connectivity index (χ3n) is 4.59. The minimum absolute atomic E-state index is 0.244. The Morgan fingerprint density at radius 2 is 1.76 bits per heavy atom. The molecule has 1 atom stereocenters. The molecule has 2 nitrogen and oxygen atoms in total.